The summed E-state index contributed by atoms with van der Waals surface area (Å²) in [5.41, 5.74) is 4.05. The van der Waals surface area contributed by atoms with Crippen LogP contribution in [0, 0.1) is 0 Å². The van der Waals surface area contributed by atoms with Gasteiger partial charge in [0.05, 0.1) is 17.8 Å². The summed E-state index contributed by atoms with van der Waals surface area (Å²) < 4.78 is 11.8. The maximum Gasteiger partial charge on any atom is 0.174 e. The van der Waals surface area contributed by atoms with E-state index < -0.39 is 0 Å². The Bertz CT molecular complexity index is 1400. The third-order valence-corrected chi connectivity index (χ3v) is 5.45. The number of aromatic nitrogens is 5. The second-order valence-corrected chi connectivity index (χ2v) is 8.04. The molecule has 174 valence electrons. The molecule has 5 rings (SSSR count). The molecule has 0 aliphatic heterocycles. The normalized spacial score (nSPS) is 11.2. The molecule has 0 spiro atoms. The fraction of sp³-hybridized carbons (Fsp3) is 0.143. The Hall–Kier alpha value is -4.52. The van der Waals surface area contributed by atoms with E-state index in [9.17, 15) is 0 Å². The van der Waals surface area contributed by atoms with Crippen LogP contribution in [0.2, 0.25) is 0 Å². The van der Waals surface area contributed by atoms with Crippen LogP contribution in [0.15, 0.2) is 84.9 Å². The molecular formula is C28H25N5O2. The van der Waals surface area contributed by atoms with Gasteiger partial charge in [0.1, 0.15) is 18.1 Å². The average molecular weight is 464 g/mol. The van der Waals surface area contributed by atoms with E-state index in [2.05, 4.69) is 56.0 Å². The van der Waals surface area contributed by atoms with Crippen molar-refractivity contribution in [3.05, 3.63) is 108 Å². The van der Waals surface area contributed by atoms with Crippen LogP contribution in [0.3, 0.4) is 0 Å². The molecule has 35 heavy (non-hydrogen) atoms. The standard InChI is InChI=1S/C28H25N5O2/c1-2-8-27-23(6-1)14-15-24(29-27)20-35-25-16-12-21(13-17-25)10-11-22-5-3-7-26(19-22)34-18-4-9-28-30-32-33-31-28/h1-3,5-8,10-17,19H,4,9,18,20H2,(H,30,31,32,33). The molecule has 0 atom stereocenters. The largest absolute Gasteiger partial charge is 0.494 e. The molecule has 0 fully saturated rings. The molecule has 0 bridgehead atoms. The number of hydrogen-bond donors (Lipinski definition) is 1. The molecular weight excluding hydrogens is 438 g/mol. The van der Waals surface area contributed by atoms with Crippen LogP contribution in [0.25, 0.3) is 23.1 Å². The number of para-hydroxylation sites is 1. The van der Waals surface area contributed by atoms with Gasteiger partial charge in [-0.15, -0.1) is 10.2 Å². The van der Waals surface area contributed by atoms with Gasteiger partial charge in [-0.05, 0) is 53.9 Å². The van der Waals surface area contributed by atoms with Gasteiger partial charge in [-0.3, -0.25) is 0 Å². The van der Waals surface area contributed by atoms with Gasteiger partial charge in [0.15, 0.2) is 5.82 Å². The highest BCUT2D eigenvalue weighted by Gasteiger charge is 2.01. The van der Waals surface area contributed by atoms with Crippen LogP contribution in [-0.4, -0.2) is 32.2 Å². The molecule has 0 saturated carbocycles. The van der Waals surface area contributed by atoms with E-state index >= 15 is 0 Å². The van der Waals surface area contributed by atoms with E-state index in [1.807, 2.05) is 66.7 Å². The Morgan fingerprint density at radius 1 is 0.771 bits per heavy atom. The van der Waals surface area contributed by atoms with Crippen molar-refractivity contribution in [1.82, 2.24) is 25.6 Å². The van der Waals surface area contributed by atoms with Gasteiger partial charge in [-0.2, -0.15) is 5.21 Å². The number of fused-ring (bicyclic) bond motifs is 1. The van der Waals surface area contributed by atoms with Gasteiger partial charge in [0.2, 0.25) is 0 Å². The lowest BCUT2D eigenvalue weighted by Crippen LogP contribution is -2.00. The van der Waals surface area contributed by atoms with Crippen molar-refractivity contribution in [3.8, 4) is 11.5 Å². The Labute approximate surface area is 203 Å². The van der Waals surface area contributed by atoms with E-state index in [1.165, 1.54) is 0 Å². The van der Waals surface area contributed by atoms with Crippen molar-refractivity contribution in [2.24, 2.45) is 0 Å². The van der Waals surface area contributed by atoms with E-state index in [4.69, 9.17) is 9.47 Å². The third-order valence-electron chi connectivity index (χ3n) is 5.45. The third kappa shape index (κ3) is 6.29. The first kappa shape index (κ1) is 22.3. The van der Waals surface area contributed by atoms with Gasteiger partial charge < -0.3 is 9.47 Å². The summed E-state index contributed by atoms with van der Waals surface area (Å²) in [5, 5.41) is 15.0. The molecule has 2 heterocycles. The van der Waals surface area contributed by atoms with Crippen molar-refractivity contribution < 1.29 is 9.47 Å². The molecule has 7 nitrogen and oxygen atoms in total. The maximum absolute atomic E-state index is 5.93. The number of H-pyrrole nitrogens is 1. The second kappa shape index (κ2) is 11.1. The van der Waals surface area contributed by atoms with E-state index in [-0.39, 0.29) is 0 Å². The van der Waals surface area contributed by atoms with Crippen LogP contribution >= 0.6 is 0 Å². The highest BCUT2D eigenvalue weighted by Crippen LogP contribution is 2.19. The quantitative estimate of drug-likeness (QED) is 0.217. The molecule has 7 heteroatoms. The lowest BCUT2D eigenvalue weighted by Gasteiger charge is -2.07. The highest BCUT2D eigenvalue weighted by molar-refractivity contribution is 5.78. The summed E-state index contributed by atoms with van der Waals surface area (Å²) in [6.45, 7) is 1.03. The molecule has 2 aromatic heterocycles. The van der Waals surface area contributed by atoms with Crippen LogP contribution in [-0.2, 0) is 13.0 Å². The van der Waals surface area contributed by atoms with Gasteiger partial charge in [-0.25, -0.2) is 4.98 Å². The number of aromatic amines is 1. The van der Waals surface area contributed by atoms with Crippen LogP contribution in [0.4, 0.5) is 0 Å². The smallest absolute Gasteiger partial charge is 0.174 e. The minimum absolute atomic E-state index is 0.432. The number of aryl methyl sites for hydroxylation is 1. The summed E-state index contributed by atoms with van der Waals surface area (Å²) >= 11 is 0. The summed E-state index contributed by atoms with van der Waals surface area (Å²) in [4.78, 5) is 4.66. The average Bonchev–Trinajstić information content (AvgIpc) is 3.43. The highest BCUT2D eigenvalue weighted by atomic mass is 16.5. The number of rotatable bonds is 10. The van der Waals surface area contributed by atoms with Crippen molar-refractivity contribution in [2.45, 2.75) is 19.4 Å². The van der Waals surface area contributed by atoms with Gasteiger partial charge in [0, 0.05) is 11.8 Å². The van der Waals surface area contributed by atoms with Crippen molar-refractivity contribution in [2.75, 3.05) is 6.61 Å². The first-order chi connectivity index (χ1) is 17.3. The first-order valence-electron chi connectivity index (χ1n) is 11.5. The van der Waals surface area contributed by atoms with Crippen molar-refractivity contribution >= 4 is 23.1 Å². The topological polar surface area (TPSA) is 85.8 Å². The summed E-state index contributed by atoms with van der Waals surface area (Å²) in [7, 11) is 0. The molecule has 3 aromatic carbocycles. The second-order valence-electron chi connectivity index (χ2n) is 8.04. The molecule has 0 saturated heterocycles. The Morgan fingerprint density at radius 2 is 1.66 bits per heavy atom. The zero-order chi connectivity index (χ0) is 23.7. The number of pyridine rings is 1. The first-order valence-corrected chi connectivity index (χ1v) is 11.5. The fourth-order valence-electron chi connectivity index (χ4n) is 3.63. The maximum atomic E-state index is 5.93. The lowest BCUT2D eigenvalue weighted by atomic mass is 10.1. The van der Waals surface area contributed by atoms with Gasteiger partial charge in [-0.1, -0.05) is 65.9 Å². The van der Waals surface area contributed by atoms with Crippen molar-refractivity contribution in [3.63, 3.8) is 0 Å². The summed E-state index contributed by atoms with van der Waals surface area (Å²) in [6.07, 6.45) is 5.70. The lowest BCUT2D eigenvalue weighted by molar-refractivity contribution is 0.302. The SMILES string of the molecule is C(=Cc1cccc(OCCCc2nn[nH]n2)c1)c1ccc(OCc2ccc3ccccc3n2)cc1. The molecule has 0 radical (unpaired) electrons. The van der Waals surface area contributed by atoms with Crippen LogP contribution in [0.5, 0.6) is 11.5 Å². The van der Waals surface area contributed by atoms with E-state index in [0.29, 0.717) is 19.0 Å². The number of benzene rings is 3. The predicted molar refractivity (Wildman–Crippen MR) is 136 cm³/mol. The molecule has 5 aromatic rings. The molecule has 1 N–H and O–H groups in total. The number of nitrogens with one attached hydrogen (secondary N) is 1. The minimum Gasteiger partial charge on any atom is -0.494 e. The molecule has 0 unspecified atom stereocenters. The number of ether oxygens (including phenoxy) is 2. The Morgan fingerprint density at radius 3 is 2.54 bits per heavy atom. The minimum atomic E-state index is 0.432. The molecule has 0 aliphatic rings. The number of nitrogens with zero attached hydrogens (tertiary/aromatic N) is 4. The Balaban J connectivity index is 1.12. The van der Waals surface area contributed by atoms with E-state index in [1.54, 1.807) is 0 Å². The number of hydrogen-bond acceptors (Lipinski definition) is 6. The number of tetrazole rings is 1. The van der Waals surface area contributed by atoms with Crippen LogP contribution in [0.1, 0.15) is 29.1 Å². The molecule has 0 aliphatic carbocycles. The zero-order valence-corrected chi connectivity index (χ0v) is 19.2. The fourth-order valence-corrected chi connectivity index (χ4v) is 3.63. The molecule has 0 amide bonds. The monoisotopic (exact) mass is 463 g/mol. The van der Waals surface area contributed by atoms with E-state index in [0.717, 1.165) is 52.1 Å². The summed E-state index contributed by atoms with van der Waals surface area (Å²) in [5.74, 6) is 2.35. The summed E-state index contributed by atoms with van der Waals surface area (Å²) in [6, 6.07) is 28.2. The zero-order valence-electron chi connectivity index (χ0n) is 19.2. The predicted octanol–water partition coefficient (Wildman–Crippen LogP) is 5.51. The van der Waals surface area contributed by atoms with Gasteiger partial charge >= 0.3 is 0 Å². The van der Waals surface area contributed by atoms with Gasteiger partial charge in [0.25, 0.3) is 0 Å². The van der Waals surface area contributed by atoms with Crippen molar-refractivity contribution in [1.29, 1.82) is 0 Å². The Kier molecular flexibility index (Phi) is 7.05. The van der Waals surface area contributed by atoms with Crippen LogP contribution < -0.4 is 9.47 Å².